The highest BCUT2D eigenvalue weighted by Crippen LogP contribution is 2.34. The van der Waals surface area contributed by atoms with Crippen LogP contribution in [0.1, 0.15) is 70.3 Å². The number of nitrogens with one attached hydrogen (secondary N) is 2. The zero-order chi connectivity index (χ0) is 22.6. The van der Waals surface area contributed by atoms with E-state index in [1.807, 2.05) is 18.1 Å². The molecule has 0 unspecified atom stereocenters. The third kappa shape index (κ3) is 5.57. The molecule has 0 amide bonds. The van der Waals surface area contributed by atoms with Crippen molar-refractivity contribution >= 4 is 34.7 Å². The lowest BCUT2D eigenvalue weighted by molar-refractivity contribution is 0.231. The molecule has 4 N–H and O–H groups in total. The Morgan fingerprint density at radius 3 is 2.42 bits per heavy atom. The van der Waals surface area contributed by atoms with Gasteiger partial charge in [0.2, 0.25) is 5.95 Å². The van der Waals surface area contributed by atoms with Crippen molar-refractivity contribution in [3.05, 3.63) is 6.33 Å². The van der Waals surface area contributed by atoms with Crippen LogP contribution in [0.25, 0.3) is 11.2 Å². The molecule has 2 saturated carbocycles. The third-order valence-electron chi connectivity index (χ3n) is 7.78. The molecular formula is C24H40N8S. The maximum absolute atomic E-state index is 6.14. The summed E-state index contributed by atoms with van der Waals surface area (Å²) in [4.78, 5) is 17.3. The summed E-state index contributed by atoms with van der Waals surface area (Å²) >= 11 is 1.93. The average molecular weight is 473 g/mol. The second kappa shape index (κ2) is 10.8. The number of nitrogens with zero attached hydrogens (tertiary/aromatic N) is 5. The van der Waals surface area contributed by atoms with Gasteiger partial charge in [0.05, 0.1) is 6.33 Å². The fourth-order valence-electron chi connectivity index (χ4n) is 5.69. The monoisotopic (exact) mass is 472 g/mol. The Kier molecular flexibility index (Phi) is 7.57. The number of fused-ring (bicyclic) bond motifs is 1. The van der Waals surface area contributed by atoms with Gasteiger partial charge in [-0.05, 0) is 57.6 Å². The molecule has 3 heterocycles. The molecule has 0 bridgehead atoms. The Balaban J connectivity index is 1.35. The van der Waals surface area contributed by atoms with Gasteiger partial charge in [0.15, 0.2) is 17.0 Å². The second-order valence-corrected chi connectivity index (χ2v) is 11.2. The first kappa shape index (κ1) is 23.2. The fourth-order valence-corrected chi connectivity index (χ4v) is 6.13. The number of aromatic nitrogens is 4. The molecule has 2 aliphatic carbocycles. The van der Waals surface area contributed by atoms with Gasteiger partial charge >= 0.3 is 0 Å². The van der Waals surface area contributed by atoms with Crippen molar-refractivity contribution in [3.63, 3.8) is 0 Å². The van der Waals surface area contributed by atoms with E-state index >= 15 is 0 Å². The molecule has 0 aromatic carbocycles. The van der Waals surface area contributed by atoms with Crippen LogP contribution < -0.4 is 16.4 Å². The molecule has 1 aliphatic heterocycles. The Morgan fingerprint density at radius 1 is 0.970 bits per heavy atom. The third-order valence-corrected chi connectivity index (χ3v) is 8.38. The van der Waals surface area contributed by atoms with Gasteiger partial charge < -0.3 is 25.8 Å². The number of hydrogen-bond acceptors (Lipinski definition) is 8. The second-order valence-electron chi connectivity index (χ2n) is 10.2. The van der Waals surface area contributed by atoms with Crippen LogP contribution in [-0.4, -0.2) is 74.2 Å². The molecule has 3 aliphatic rings. The number of nitrogens with two attached hydrogens (primary N) is 1. The van der Waals surface area contributed by atoms with Crippen LogP contribution in [0.15, 0.2) is 6.33 Å². The molecule has 0 spiro atoms. The molecule has 2 aromatic heterocycles. The van der Waals surface area contributed by atoms with E-state index in [2.05, 4.69) is 26.4 Å². The van der Waals surface area contributed by atoms with Gasteiger partial charge in [-0.2, -0.15) is 21.7 Å². The lowest BCUT2D eigenvalue weighted by atomic mass is 9.92. The summed E-state index contributed by atoms with van der Waals surface area (Å²) in [6, 6.07) is 1.69. The molecule has 33 heavy (non-hydrogen) atoms. The van der Waals surface area contributed by atoms with Gasteiger partial charge in [-0.15, -0.1) is 0 Å². The minimum absolute atomic E-state index is 0.342. The van der Waals surface area contributed by atoms with Crippen molar-refractivity contribution in [1.29, 1.82) is 0 Å². The molecule has 5 rings (SSSR count). The Morgan fingerprint density at radius 2 is 1.70 bits per heavy atom. The highest BCUT2D eigenvalue weighted by molar-refractivity contribution is 7.98. The van der Waals surface area contributed by atoms with Crippen molar-refractivity contribution in [2.75, 3.05) is 42.3 Å². The summed E-state index contributed by atoms with van der Waals surface area (Å²) in [7, 11) is 0. The van der Waals surface area contributed by atoms with E-state index in [-0.39, 0.29) is 0 Å². The van der Waals surface area contributed by atoms with E-state index in [0.29, 0.717) is 24.2 Å². The van der Waals surface area contributed by atoms with Crippen LogP contribution in [0.2, 0.25) is 0 Å². The van der Waals surface area contributed by atoms with Gasteiger partial charge in [-0.25, -0.2) is 4.98 Å². The molecule has 9 heteroatoms. The topological polar surface area (TPSA) is 96.9 Å². The predicted molar refractivity (Wildman–Crippen MR) is 138 cm³/mol. The highest BCUT2D eigenvalue weighted by atomic mass is 32.2. The molecule has 1 saturated heterocycles. The first-order valence-electron chi connectivity index (χ1n) is 12.9. The summed E-state index contributed by atoms with van der Waals surface area (Å²) in [6.45, 7) is 3.48. The van der Waals surface area contributed by atoms with Crippen LogP contribution >= 0.6 is 11.8 Å². The van der Waals surface area contributed by atoms with E-state index in [1.54, 1.807) is 0 Å². The number of imidazole rings is 1. The van der Waals surface area contributed by atoms with Gasteiger partial charge in [0.1, 0.15) is 0 Å². The van der Waals surface area contributed by atoms with Gasteiger partial charge in [0, 0.05) is 49.6 Å². The fraction of sp³-hybridized carbons (Fsp3) is 0.792. The zero-order valence-electron chi connectivity index (χ0n) is 20.0. The maximum Gasteiger partial charge on any atom is 0.227 e. The molecule has 8 nitrogen and oxygen atoms in total. The lowest BCUT2D eigenvalue weighted by Crippen LogP contribution is -2.40. The van der Waals surface area contributed by atoms with Crippen LogP contribution in [0.4, 0.5) is 11.8 Å². The molecule has 182 valence electrons. The summed E-state index contributed by atoms with van der Waals surface area (Å²) in [6.07, 6.45) is 15.8. The van der Waals surface area contributed by atoms with Crippen LogP contribution in [-0.2, 0) is 0 Å². The number of rotatable bonds is 8. The summed E-state index contributed by atoms with van der Waals surface area (Å²) in [5.41, 5.74) is 8.02. The Labute approximate surface area is 201 Å². The molecule has 3 fully saturated rings. The minimum atomic E-state index is 0.342. The average Bonchev–Trinajstić information content (AvgIpc) is 3.50. The summed E-state index contributed by atoms with van der Waals surface area (Å²) < 4.78 is 2.31. The van der Waals surface area contributed by atoms with E-state index in [4.69, 9.17) is 20.7 Å². The van der Waals surface area contributed by atoms with Crippen molar-refractivity contribution < 1.29 is 0 Å². The van der Waals surface area contributed by atoms with Gasteiger partial charge in [-0.3, -0.25) is 0 Å². The molecular weight excluding hydrogens is 432 g/mol. The molecule has 0 atom stereocenters. The number of hydrogen-bond donors (Lipinski definition) is 3. The Hall–Kier alpha value is -1.58. The predicted octanol–water partition coefficient (Wildman–Crippen LogP) is 3.86. The number of thioether (sulfide) groups is 1. The zero-order valence-corrected chi connectivity index (χ0v) is 20.8. The van der Waals surface area contributed by atoms with Gasteiger partial charge in [-0.1, -0.05) is 12.8 Å². The number of anilines is 2. The van der Waals surface area contributed by atoms with Crippen LogP contribution in [0, 0.1) is 0 Å². The molecule has 2 aromatic rings. The SMILES string of the molecule is CSCCN1CCC(Nc2nc(NC3CCC(N)CC3)c3ncn(C4CCCC4)c3n2)CC1. The number of likely N-dealkylation sites (tertiary alicyclic amines) is 1. The maximum atomic E-state index is 6.14. The van der Waals surface area contributed by atoms with E-state index in [1.165, 1.54) is 38.0 Å². The summed E-state index contributed by atoms with van der Waals surface area (Å²) in [5.74, 6) is 2.85. The van der Waals surface area contributed by atoms with Crippen LogP contribution in [0.3, 0.4) is 0 Å². The van der Waals surface area contributed by atoms with E-state index < -0.39 is 0 Å². The molecule has 0 radical (unpaired) electrons. The standard InChI is InChI=1S/C24H40N8S/c1-33-15-14-31-12-10-19(11-13-31)28-24-29-22(27-18-8-6-17(25)7-9-18)21-23(30-24)32(16-26-21)20-4-2-3-5-20/h16-20H,2-15,25H2,1H3,(H2,27,28,29,30). The van der Waals surface area contributed by atoms with Gasteiger partial charge in [0.25, 0.3) is 0 Å². The van der Waals surface area contributed by atoms with Crippen molar-refractivity contribution in [2.24, 2.45) is 5.73 Å². The first-order valence-corrected chi connectivity index (χ1v) is 14.3. The van der Waals surface area contributed by atoms with Crippen molar-refractivity contribution in [3.8, 4) is 0 Å². The van der Waals surface area contributed by atoms with Crippen molar-refractivity contribution in [2.45, 2.75) is 88.4 Å². The van der Waals surface area contributed by atoms with E-state index in [9.17, 15) is 0 Å². The quantitative estimate of drug-likeness (QED) is 0.533. The number of piperidine rings is 1. The smallest absolute Gasteiger partial charge is 0.227 e. The largest absolute Gasteiger partial charge is 0.365 e. The van der Waals surface area contributed by atoms with Crippen molar-refractivity contribution in [1.82, 2.24) is 24.4 Å². The van der Waals surface area contributed by atoms with Crippen LogP contribution in [0.5, 0.6) is 0 Å². The highest BCUT2D eigenvalue weighted by Gasteiger charge is 2.25. The lowest BCUT2D eigenvalue weighted by Gasteiger charge is -2.32. The summed E-state index contributed by atoms with van der Waals surface area (Å²) in [5, 5.41) is 7.41. The van der Waals surface area contributed by atoms with E-state index in [0.717, 1.165) is 74.5 Å². The minimum Gasteiger partial charge on any atom is -0.365 e. The normalized spacial score (nSPS) is 25.6. The first-order chi connectivity index (χ1) is 16.2. The Bertz CT molecular complexity index is 895.